The Morgan fingerprint density at radius 2 is 1.75 bits per heavy atom. The fourth-order valence-electron chi connectivity index (χ4n) is 4.04. The molecule has 3 rings (SSSR count). The van der Waals surface area contributed by atoms with Crippen LogP contribution in [0.2, 0.25) is 0 Å². The first-order valence-electron chi connectivity index (χ1n) is 10.0. The fourth-order valence-corrected chi connectivity index (χ4v) is 4.04. The molecule has 1 amide bonds. The van der Waals surface area contributed by atoms with Crippen LogP contribution in [0.1, 0.15) is 63.9 Å². The molecule has 0 fully saturated rings. The van der Waals surface area contributed by atoms with Gasteiger partial charge in [0.15, 0.2) is 0 Å². The summed E-state index contributed by atoms with van der Waals surface area (Å²) in [5.74, 6) is -0.00990. The third-order valence-corrected chi connectivity index (χ3v) is 5.56. The molecule has 28 heavy (non-hydrogen) atoms. The van der Waals surface area contributed by atoms with Gasteiger partial charge in [-0.15, -0.1) is 0 Å². The molecule has 146 valence electrons. The molecule has 0 aliphatic carbocycles. The third kappa shape index (κ3) is 4.04. The first-order chi connectivity index (χ1) is 13.4. The summed E-state index contributed by atoms with van der Waals surface area (Å²) in [6.07, 6.45) is 0.924. The Morgan fingerprint density at radius 3 is 2.39 bits per heavy atom. The highest BCUT2D eigenvalue weighted by atomic mass is 16.2. The lowest BCUT2D eigenvalue weighted by atomic mass is 10.1. The van der Waals surface area contributed by atoms with Crippen molar-refractivity contribution in [1.29, 1.82) is 0 Å². The van der Waals surface area contributed by atoms with Crippen LogP contribution in [0.4, 0.5) is 0 Å². The number of carbonyl (C=O) groups is 1. The molecule has 1 heterocycles. The van der Waals surface area contributed by atoms with E-state index in [-0.39, 0.29) is 11.9 Å². The highest BCUT2D eigenvalue weighted by Gasteiger charge is 2.23. The van der Waals surface area contributed by atoms with Crippen LogP contribution in [0.15, 0.2) is 54.6 Å². The maximum Gasteiger partial charge on any atom is 0.268 e. The highest BCUT2D eigenvalue weighted by molar-refractivity contribution is 5.95. The Balaban J connectivity index is 1.96. The van der Waals surface area contributed by atoms with E-state index in [9.17, 15) is 4.79 Å². The first-order valence-corrected chi connectivity index (χ1v) is 10.0. The predicted octanol–water partition coefficient (Wildman–Crippen LogP) is 5.52. The van der Waals surface area contributed by atoms with Crippen molar-refractivity contribution in [2.75, 3.05) is 0 Å². The number of amides is 1. The van der Waals surface area contributed by atoms with Gasteiger partial charge in [-0.3, -0.25) is 4.79 Å². The molecule has 0 saturated carbocycles. The molecule has 0 saturated heterocycles. The van der Waals surface area contributed by atoms with Crippen molar-refractivity contribution in [1.82, 2.24) is 9.88 Å². The van der Waals surface area contributed by atoms with E-state index < -0.39 is 0 Å². The summed E-state index contributed by atoms with van der Waals surface area (Å²) in [6, 6.07) is 18.5. The molecule has 0 aliphatic rings. The van der Waals surface area contributed by atoms with E-state index in [1.165, 1.54) is 22.4 Å². The lowest BCUT2D eigenvalue weighted by molar-refractivity contribution is 0.0930. The van der Waals surface area contributed by atoms with Crippen LogP contribution >= 0.6 is 0 Å². The molecule has 1 atom stereocenters. The van der Waals surface area contributed by atoms with E-state index in [0.29, 0.717) is 6.54 Å². The minimum Gasteiger partial charge on any atom is -0.344 e. The van der Waals surface area contributed by atoms with Gasteiger partial charge in [0.2, 0.25) is 0 Å². The number of nitrogens with zero attached hydrogens (tertiary/aromatic N) is 1. The number of aromatic nitrogens is 1. The Bertz CT molecular complexity index is 970. The summed E-state index contributed by atoms with van der Waals surface area (Å²) in [4.78, 5) is 13.3. The molecule has 0 unspecified atom stereocenters. The minimum absolute atomic E-state index is 0.00990. The number of nitrogens with one attached hydrogen (secondary N) is 1. The molecule has 0 aliphatic heterocycles. The predicted molar refractivity (Wildman–Crippen MR) is 116 cm³/mol. The van der Waals surface area contributed by atoms with E-state index >= 15 is 0 Å². The zero-order chi connectivity index (χ0) is 20.3. The van der Waals surface area contributed by atoms with Crippen molar-refractivity contribution in [3.63, 3.8) is 0 Å². The van der Waals surface area contributed by atoms with Gasteiger partial charge in [0.25, 0.3) is 5.91 Å². The Labute approximate surface area is 168 Å². The van der Waals surface area contributed by atoms with Gasteiger partial charge >= 0.3 is 0 Å². The summed E-state index contributed by atoms with van der Waals surface area (Å²) in [6.45, 7) is 11.2. The Morgan fingerprint density at radius 1 is 1.04 bits per heavy atom. The van der Waals surface area contributed by atoms with Crippen LogP contribution in [0, 0.1) is 20.8 Å². The van der Waals surface area contributed by atoms with Crippen molar-refractivity contribution in [2.24, 2.45) is 0 Å². The second kappa shape index (κ2) is 8.47. The average Bonchev–Trinajstić information content (AvgIpc) is 2.91. The van der Waals surface area contributed by atoms with Gasteiger partial charge in [-0.1, -0.05) is 67.1 Å². The van der Waals surface area contributed by atoms with Crippen LogP contribution in [0.3, 0.4) is 0 Å². The minimum atomic E-state index is -0.0409. The van der Waals surface area contributed by atoms with Crippen molar-refractivity contribution >= 4 is 5.91 Å². The van der Waals surface area contributed by atoms with E-state index in [2.05, 4.69) is 61.8 Å². The van der Waals surface area contributed by atoms with Crippen LogP contribution < -0.4 is 5.32 Å². The second-order valence-corrected chi connectivity index (χ2v) is 7.57. The first kappa shape index (κ1) is 19.9. The molecule has 3 aromatic rings. The summed E-state index contributed by atoms with van der Waals surface area (Å²) >= 11 is 0. The highest BCUT2D eigenvalue weighted by Crippen LogP contribution is 2.25. The van der Waals surface area contributed by atoms with Gasteiger partial charge in [0.05, 0.1) is 6.04 Å². The van der Waals surface area contributed by atoms with Gasteiger partial charge in [0, 0.05) is 12.2 Å². The molecule has 1 aromatic heterocycles. The summed E-state index contributed by atoms with van der Waals surface area (Å²) in [5, 5.41) is 3.20. The maximum absolute atomic E-state index is 13.3. The number of rotatable bonds is 6. The number of carbonyl (C=O) groups excluding carboxylic acids is 1. The van der Waals surface area contributed by atoms with Crippen molar-refractivity contribution < 1.29 is 4.79 Å². The van der Waals surface area contributed by atoms with Crippen LogP contribution in [0.5, 0.6) is 0 Å². The van der Waals surface area contributed by atoms with Crippen LogP contribution in [-0.4, -0.2) is 10.5 Å². The quantitative estimate of drug-likeness (QED) is 0.606. The number of benzene rings is 2. The normalized spacial score (nSPS) is 12.0. The topological polar surface area (TPSA) is 34.0 Å². The fraction of sp³-hybridized carbons (Fsp3) is 0.320. The van der Waals surface area contributed by atoms with Crippen LogP contribution in [-0.2, 0) is 13.0 Å². The molecule has 0 radical (unpaired) electrons. The molecule has 1 N–H and O–H groups in total. The summed E-state index contributed by atoms with van der Waals surface area (Å²) in [7, 11) is 0. The Kier molecular flexibility index (Phi) is 6.03. The molecule has 3 nitrogen and oxygen atoms in total. The smallest absolute Gasteiger partial charge is 0.268 e. The molecular weight excluding hydrogens is 344 g/mol. The van der Waals surface area contributed by atoms with Crippen molar-refractivity contribution in [3.8, 4) is 0 Å². The average molecular weight is 375 g/mol. The van der Waals surface area contributed by atoms with Crippen LogP contribution in [0.25, 0.3) is 0 Å². The van der Waals surface area contributed by atoms with Gasteiger partial charge in [-0.25, -0.2) is 0 Å². The van der Waals surface area contributed by atoms with E-state index in [0.717, 1.165) is 23.2 Å². The number of hydrogen-bond donors (Lipinski definition) is 1. The molecule has 0 spiro atoms. The molecule has 2 aromatic carbocycles. The molecule has 3 heteroatoms. The SMILES string of the molecule is CCc1c(C)c(C(=O)N[C@@H](C)c2ccccc2)n(Cc2cccc(C)c2)c1C. The largest absolute Gasteiger partial charge is 0.344 e. The lowest BCUT2D eigenvalue weighted by Gasteiger charge is -2.17. The summed E-state index contributed by atoms with van der Waals surface area (Å²) < 4.78 is 2.18. The van der Waals surface area contributed by atoms with Gasteiger partial charge < -0.3 is 9.88 Å². The van der Waals surface area contributed by atoms with Gasteiger partial charge in [-0.05, 0) is 56.4 Å². The Hall–Kier alpha value is -2.81. The van der Waals surface area contributed by atoms with E-state index in [1.807, 2.05) is 37.3 Å². The van der Waals surface area contributed by atoms with Crippen molar-refractivity contribution in [3.05, 3.63) is 93.8 Å². The van der Waals surface area contributed by atoms with Crippen molar-refractivity contribution in [2.45, 2.75) is 53.6 Å². The summed E-state index contributed by atoms with van der Waals surface area (Å²) in [5.41, 5.74) is 7.87. The monoisotopic (exact) mass is 374 g/mol. The maximum atomic E-state index is 13.3. The second-order valence-electron chi connectivity index (χ2n) is 7.57. The number of aryl methyl sites for hydroxylation is 1. The molecular formula is C25H30N2O. The lowest BCUT2D eigenvalue weighted by Crippen LogP contribution is -2.29. The van der Waals surface area contributed by atoms with Gasteiger partial charge in [-0.2, -0.15) is 0 Å². The van der Waals surface area contributed by atoms with E-state index in [1.54, 1.807) is 0 Å². The van der Waals surface area contributed by atoms with Gasteiger partial charge in [0.1, 0.15) is 5.69 Å². The standard InChI is InChI=1S/C25H30N2O/c1-6-23-18(3)24(25(28)26-19(4)22-13-8-7-9-14-22)27(20(23)5)16-21-12-10-11-17(2)15-21/h7-15,19H,6,16H2,1-5H3,(H,26,28)/t19-/m0/s1. The third-order valence-electron chi connectivity index (χ3n) is 5.56. The van der Waals surface area contributed by atoms with E-state index in [4.69, 9.17) is 0 Å². The number of hydrogen-bond acceptors (Lipinski definition) is 1. The molecule has 0 bridgehead atoms. The zero-order valence-electron chi connectivity index (χ0n) is 17.5. The zero-order valence-corrected chi connectivity index (χ0v) is 17.5.